The molecule has 0 amide bonds. The molecule has 2 nitrogen and oxygen atoms in total. The van der Waals surface area contributed by atoms with Crippen molar-refractivity contribution in [2.75, 3.05) is 0 Å². The molecule has 1 heterocycles. The molecule has 0 saturated carbocycles. The van der Waals surface area contributed by atoms with Gasteiger partial charge < -0.3 is 0 Å². The highest BCUT2D eigenvalue weighted by molar-refractivity contribution is 6.03. The number of hydrogen-bond acceptors (Lipinski definition) is 2. The van der Waals surface area contributed by atoms with E-state index in [0.29, 0.717) is 0 Å². The number of aromatic nitrogens is 2. The highest BCUT2D eigenvalue weighted by Crippen LogP contribution is 2.49. The van der Waals surface area contributed by atoms with Crippen LogP contribution in [-0.4, -0.2) is 9.97 Å². The Hall–Kier alpha value is -2.74. The molecule has 4 aromatic rings. The molecule has 0 radical (unpaired) electrons. The number of aryl methyl sites for hydroxylation is 2. The van der Waals surface area contributed by atoms with Crippen molar-refractivity contribution in [3.05, 3.63) is 70.5 Å². The smallest absolute Gasteiger partial charge is 0.116 e. The molecule has 30 heavy (non-hydrogen) atoms. The predicted octanol–water partition coefficient (Wildman–Crippen LogP) is 7.29. The van der Waals surface area contributed by atoms with Crippen LogP contribution in [0.3, 0.4) is 0 Å². The molecule has 1 aromatic heterocycles. The summed E-state index contributed by atoms with van der Waals surface area (Å²) in [5.74, 6) is 0. The molecule has 0 bridgehead atoms. The van der Waals surface area contributed by atoms with Crippen LogP contribution < -0.4 is 0 Å². The number of benzene rings is 3. The Bertz CT molecular complexity index is 1340. The van der Waals surface area contributed by atoms with Crippen molar-refractivity contribution in [3.63, 3.8) is 0 Å². The van der Waals surface area contributed by atoms with E-state index in [1.807, 2.05) is 0 Å². The zero-order valence-corrected chi connectivity index (χ0v) is 19.1. The zero-order chi connectivity index (χ0) is 21.4. The minimum absolute atomic E-state index is 0.106. The molecule has 0 N–H and O–H groups in total. The van der Waals surface area contributed by atoms with Crippen molar-refractivity contribution >= 4 is 21.7 Å². The standard InChI is InChI=1S/C28H30N2/c1-16-8-17(2)20-13-22-21(12-19(20)9-16)26-25-23(28(22,6)7)10-18(14-27(3,4)5)11-24(25)29-15-30-26/h8-13,15H,14H2,1-7H3. The Morgan fingerprint density at radius 1 is 0.867 bits per heavy atom. The summed E-state index contributed by atoms with van der Waals surface area (Å²) in [7, 11) is 0. The summed E-state index contributed by atoms with van der Waals surface area (Å²) in [4.78, 5) is 9.48. The molecule has 0 fully saturated rings. The van der Waals surface area contributed by atoms with Crippen LogP contribution >= 0.6 is 0 Å². The zero-order valence-electron chi connectivity index (χ0n) is 19.1. The molecule has 0 aliphatic heterocycles. The molecule has 1 aliphatic rings. The highest BCUT2D eigenvalue weighted by atomic mass is 14.8. The summed E-state index contributed by atoms with van der Waals surface area (Å²) < 4.78 is 0. The van der Waals surface area contributed by atoms with Gasteiger partial charge in [-0.05, 0) is 76.9 Å². The first-order valence-electron chi connectivity index (χ1n) is 10.9. The minimum Gasteiger partial charge on any atom is -0.236 e. The van der Waals surface area contributed by atoms with Gasteiger partial charge in [0.05, 0.1) is 11.2 Å². The van der Waals surface area contributed by atoms with Gasteiger partial charge in [0.1, 0.15) is 6.33 Å². The molecule has 0 atom stereocenters. The maximum Gasteiger partial charge on any atom is 0.116 e. The van der Waals surface area contributed by atoms with Gasteiger partial charge in [-0.1, -0.05) is 58.4 Å². The van der Waals surface area contributed by atoms with Crippen molar-refractivity contribution in [2.24, 2.45) is 5.41 Å². The first-order chi connectivity index (χ1) is 14.0. The molecule has 3 aromatic carbocycles. The van der Waals surface area contributed by atoms with Gasteiger partial charge >= 0.3 is 0 Å². The second-order valence-corrected chi connectivity index (χ2v) is 10.8. The average molecular weight is 395 g/mol. The second kappa shape index (κ2) is 6.14. The Kier molecular flexibility index (Phi) is 3.93. The second-order valence-electron chi connectivity index (χ2n) is 10.8. The van der Waals surface area contributed by atoms with Gasteiger partial charge in [-0.25, -0.2) is 9.97 Å². The molecular weight excluding hydrogens is 364 g/mol. The van der Waals surface area contributed by atoms with Crippen LogP contribution in [0.1, 0.15) is 62.4 Å². The molecule has 0 unspecified atom stereocenters. The normalized spacial score (nSPS) is 14.9. The van der Waals surface area contributed by atoms with E-state index in [0.717, 1.165) is 17.6 Å². The fourth-order valence-corrected chi connectivity index (χ4v) is 5.30. The van der Waals surface area contributed by atoms with Gasteiger partial charge in [0, 0.05) is 16.4 Å². The molecule has 152 valence electrons. The number of fused-ring (bicyclic) bond motifs is 3. The topological polar surface area (TPSA) is 25.8 Å². The summed E-state index contributed by atoms with van der Waals surface area (Å²) in [6.45, 7) is 16.0. The van der Waals surface area contributed by atoms with E-state index in [9.17, 15) is 0 Å². The van der Waals surface area contributed by atoms with Gasteiger partial charge in [-0.15, -0.1) is 0 Å². The van der Waals surface area contributed by atoms with Gasteiger partial charge in [-0.3, -0.25) is 0 Å². The summed E-state index contributed by atoms with van der Waals surface area (Å²) in [5, 5.41) is 3.85. The van der Waals surface area contributed by atoms with Crippen molar-refractivity contribution in [2.45, 2.75) is 60.3 Å². The van der Waals surface area contributed by atoms with Crippen molar-refractivity contribution in [1.29, 1.82) is 0 Å². The monoisotopic (exact) mass is 394 g/mol. The van der Waals surface area contributed by atoms with Crippen LogP contribution in [0.4, 0.5) is 0 Å². The molecule has 0 saturated heterocycles. The average Bonchev–Trinajstić information content (AvgIpc) is 2.63. The van der Waals surface area contributed by atoms with E-state index in [1.165, 1.54) is 49.5 Å². The third-order valence-corrected chi connectivity index (χ3v) is 6.58. The van der Waals surface area contributed by atoms with Gasteiger partial charge in [0.2, 0.25) is 0 Å². The number of hydrogen-bond donors (Lipinski definition) is 0. The van der Waals surface area contributed by atoms with Crippen molar-refractivity contribution in [1.82, 2.24) is 9.97 Å². The largest absolute Gasteiger partial charge is 0.236 e. The van der Waals surface area contributed by atoms with E-state index in [4.69, 9.17) is 9.97 Å². The Morgan fingerprint density at radius 3 is 2.37 bits per heavy atom. The predicted molar refractivity (Wildman–Crippen MR) is 127 cm³/mol. The van der Waals surface area contributed by atoms with Gasteiger partial charge in [0.25, 0.3) is 0 Å². The van der Waals surface area contributed by atoms with E-state index >= 15 is 0 Å². The van der Waals surface area contributed by atoms with Crippen LogP contribution in [0, 0.1) is 19.3 Å². The number of nitrogens with zero attached hydrogens (tertiary/aromatic N) is 2. The van der Waals surface area contributed by atoms with E-state index in [2.05, 4.69) is 84.9 Å². The van der Waals surface area contributed by atoms with Crippen LogP contribution in [0.25, 0.3) is 32.9 Å². The Labute approximate surface area is 179 Å². The van der Waals surface area contributed by atoms with E-state index < -0.39 is 0 Å². The first kappa shape index (κ1) is 19.2. The van der Waals surface area contributed by atoms with Crippen molar-refractivity contribution in [3.8, 4) is 11.3 Å². The SMILES string of the molecule is Cc1cc(C)c2cc3c(cc2c1)-c1ncnc2cc(CC(C)(C)C)cc(c12)C3(C)C. The van der Waals surface area contributed by atoms with Gasteiger partial charge in [0.15, 0.2) is 0 Å². The van der Waals surface area contributed by atoms with Crippen LogP contribution in [-0.2, 0) is 11.8 Å². The summed E-state index contributed by atoms with van der Waals surface area (Å²) in [6.07, 6.45) is 2.77. The fraction of sp³-hybridized carbons (Fsp3) is 0.357. The third kappa shape index (κ3) is 2.85. The first-order valence-corrected chi connectivity index (χ1v) is 10.9. The van der Waals surface area contributed by atoms with Crippen molar-refractivity contribution < 1.29 is 0 Å². The van der Waals surface area contributed by atoms with Crippen LogP contribution in [0.15, 0.2) is 42.7 Å². The Morgan fingerprint density at radius 2 is 1.63 bits per heavy atom. The lowest BCUT2D eigenvalue weighted by Gasteiger charge is -2.35. The lowest BCUT2D eigenvalue weighted by Crippen LogP contribution is -2.25. The molecule has 0 spiro atoms. The lowest BCUT2D eigenvalue weighted by molar-refractivity contribution is 0.411. The molecular formula is C28H30N2. The summed E-state index contributed by atoms with van der Waals surface area (Å²) in [6, 6.07) is 14.0. The van der Waals surface area contributed by atoms with Gasteiger partial charge in [-0.2, -0.15) is 0 Å². The minimum atomic E-state index is -0.106. The molecule has 1 aliphatic carbocycles. The maximum absolute atomic E-state index is 4.79. The third-order valence-electron chi connectivity index (χ3n) is 6.58. The Balaban J connectivity index is 1.88. The lowest BCUT2D eigenvalue weighted by atomic mass is 9.68. The van der Waals surface area contributed by atoms with Crippen LogP contribution in [0.5, 0.6) is 0 Å². The summed E-state index contributed by atoms with van der Waals surface area (Å²) in [5.41, 5.74) is 10.2. The molecule has 2 heteroatoms. The van der Waals surface area contributed by atoms with Crippen LogP contribution in [0.2, 0.25) is 0 Å². The fourth-order valence-electron chi connectivity index (χ4n) is 5.30. The maximum atomic E-state index is 4.79. The number of rotatable bonds is 1. The summed E-state index contributed by atoms with van der Waals surface area (Å²) >= 11 is 0. The van der Waals surface area contributed by atoms with E-state index in [-0.39, 0.29) is 10.8 Å². The molecule has 5 rings (SSSR count). The van der Waals surface area contributed by atoms with E-state index in [1.54, 1.807) is 6.33 Å². The highest BCUT2D eigenvalue weighted by Gasteiger charge is 2.35. The quantitative estimate of drug-likeness (QED) is 0.338.